The largest absolute Gasteiger partial charge is 0.395 e. The molecule has 1 saturated heterocycles. The van der Waals surface area contributed by atoms with Gasteiger partial charge in [-0.25, -0.2) is 0 Å². The summed E-state index contributed by atoms with van der Waals surface area (Å²) in [4.78, 5) is 2.72. The number of nitrogens with zero attached hydrogens (tertiary/aromatic N) is 1. The van der Waals surface area contributed by atoms with Gasteiger partial charge >= 0.3 is 0 Å². The van der Waals surface area contributed by atoms with Crippen LogP contribution in [0, 0.1) is 0 Å². The molecule has 0 amide bonds. The Bertz CT molecular complexity index is 279. The van der Waals surface area contributed by atoms with Crippen LogP contribution < -0.4 is 5.32 Å². The third-order valence-electron chi connectivity index (χ3n) is 4.97. The highest BCUT2D eigenvalue weighted by Gasteiger charge is 2.26. The zero-order valence-electron chi connectivity index (χ0n) is 13.1. The van der Waals surface area contributed by atoms with Crippen molar-refractivity contribution in [2.24, 2.45) is 0 Å². The van der Waals surface area contributed by atoms with Crippen molar-refractivity contribution in [3.63, 3.8) is 0 Å². The van der Waals surface area contributed by atoms with Gasteiger partial charge in [-0.3, -0.25) is 0 Å². The summed E-state index contributed by atoms with van der Waals surface area (Å²) in [5, 5.41) is 13.1. The number of likely N-dealkylation sites (tertiary alicyclic amines) is 1. The van der Waals surface area contributed by atoms with Gasteiger partial charge < -0.3 is 15.3 Å². The normalized spacial score (nSPS) is 25.3. The minimum Gasteiger partial charge on any atom is -0.395 e. The van der Waals surface area contributed by atoms with E-state index in [9.17, 15) is 5.11 Å². The topological polar surface area (TPSA) is 35.5 Å². The lowest BCUT2D eigenvalue weighted by Gasteiger charge is -2.40. The van der Waals surface area contributed by atoms with Gasteiger partial charge in [-0.1, -0.05) is 31.4 Å². The molecule has 116 valence electrons. The second-order valence-electron chi connectivity index (χ2n) is 6.45. The van der Waals surface area contributed by atoms with Gasteiger partial charge in [0.2, 0.25) is 0 Å². The number of hydrogen-bond acceptors (Lipinski definition) is 3. The van der Waals surface area contributed by atoms with Gasteiger partial charge in [0.05, 0.1) is 6.61 Å². The van der Waals surface area contributed by atoms with E-state index in [0.717, 1.165) is 12.5 Å². The molecule has 0 spiro atoms. The van der Waals surface area contributed by atoms with Crippen molar-refractivity contribution in [1.29, 1.82) is 0 Å². The predicted molar refractivity (Wildman–Crippen MR) is 84.9 cm³/mol. The molecular formula is C17H32N2O. The summed E-state index contributed by atoms with van der Waals surface area (Å²) in [5.41, 5.74) is 0. The number of rotatable bonds is 6. The molecule has 2 N–H and O–H groups in total. The van der Waals surface area contributed by atoms with Gasteiger partial charge in [0.15, 0.2) is 0 Å². The molecule has 2 rings (SSSR count). The molecule has 1 unspecified atom stereocenters. The molecule has 0 bridgehead atoms. The highest BCUT2D eigenvalue weighted by Crippen LogP contribution is 2.25. The Kier molecular flexibility index (Phi) is 7.05. The molecule has 0 aromatic carbocycles. The van der Waals surface area contributed by atoms with E-state index in [4.69, 9.17) is 0 Å². The number of hydrogen-bond donors (Lipinski definition) is 2. The maximum absolute atomic E-state index is 9.43. The van der Waals surface area contributed by atoms with E-state index in [1.165, 1.54) is 58.0 Å². The minimum atomic E-state index is 0.234. The Hall–Kier alpha value is -0.380. The average molecular weight is 280 g/mol. The quantitative estimate of drug-likeness (QED) is 0.734. The number of piperidine rings is 1. The maximum atomic E-state index is 9.43. The first kappa shape index (κ1) is 16.0. The second-order valence-corrected chi connectivity index (χ2v) is 6.45. The van der Waals surface area contributed by atoms with Gasteiger partial charge in [0, 0.05) is 18.1 Å². The second kappa shape index (κ2) is 8.81. The Morgan fingerprint density at radius 1 is 1.15 bits per heavy atom. The van der Waals surface area contributed by atoms with Crippen LogP contribution in [-0.2, 0) is 0 Å². The summed E-state index contributed by atoms with van der Waals surface area (Å²) in [5.74, 6) is 0. The number of aliphatic hydroxyl groups excluding tert-OH is 1. The van der Waals surface area contributed by atoms with Crippen LogP contribution in [-0.4, -0.2) is 47.8 Å². The molecule has 1 atom stereocenters. The van der Waals surface area contributed by atoms with Gasteiger partial charge in [0.1, 0.15) is 0 Å². The van der Waals surface area contributed by atoms with Gasteiger partial charge in [-0.2, -0.15) is 0 Å². The molecular weight excluding hydrogens is 248 g/mol. The Morgan fingerprint density at radius 3 is 2.45 bits per heavy atom. The number of aliphatic hydroxyl groups is 1. The van der Waals surface area contributed by atoms with E-state index in [-0.39, 0.29) is 12.6 Å². The minimum absolute atomic E-state index is 0.234. The first-order valence-electron chi connectivity index (χ1n) is 8.55. The molecule has 20 heavy (non-hydrogen) atoms. The van der Waals surface area contributed by atoms with Crippen LogP contribution in [0.15, 0.2) is 12.2 Å². The Labute approximate surface area is 124 Å². The fraction of sp³-hybridized carbons (Fsp3) is 0.882. The van der Waals surface area contributed by atoms with E-state index in [1.807, 2.05) is 6.92 Å². The summed E-state index contributed by atoms with van der Waals surface area (Å²) in [6.07, 6.45) is 14.8. The van der Waals surface area contributed by atoms with Crippen LogP contribution in [0.4, 0.5) is 0 Å². The van der Waals surface area contributed by atoms with Crippen LogP contribution >= 0.6 is 0 Å². The smallest absolute Gasteiger partial charge is 0.0587 e. The van der Waals surface area contributed by atoms with Crippen LogP contribution in [0.2, 0.25) is 0 Å². The van der Waals surface area contributed by atoms with Crippen molar-refractivity contribution < 1.29 is 5.11 Å². The Morgan fingerprint density at radius 2 is 1.85 bits per heavy atom. The molecule has 0 aromatic rings. The Balaban J connectivity index is 1.70. The lowest BCUT2D eigenvalue weighted by atomic mass is 9.92. The molecule has 0 radical (unpaired) electrons. The average Bonchev–Trinajstić information content (AvgIpc) is 2.53. The molecule has 0 aromatic heterocycles. The maximum Gasteiger partial charge on any atom is 0.0587 e. The molecule has 1 saturated carbocycles. The van der Waals surface area contributed by atoms with Crippen molar-refractivity contribution in [2.45, 2.75) is 76.4 Å². The summed E-state index contributed by atoms with van der Waals surface area (Å²) in [6, 6.07) is 1.69. The fourth-order valence-corrected chi connectivity index (χ4v) is 3.71. The summed E-state index contributed by atoms with van der Waals surface area (Å²) in [6.45, 7) is 4.76. The fourth-order valence-electron chi connectivity index (χ4n) is 3.71. The van der Waals surface area contributed by atoms with Gasteiger partial charge in [0.25, 0.3) is 0 Å². The van der Waals surface area contributed by atoms with Crippen molar-refractivity contribution in [2.75, 3.05) is 19.7 Å². The standard InChI is InChI=1S/C17H32N2O/c1-2-3-7-16(14-20)18-15-10-12-19(13-11-15)17-8-5-4-6-9-17/h2-3,15-18,20H,4-14H2,1H3/b3-2+. The van der Waals surface area contributed by atoms with Crippen LogP contribution in [0.25, 0.3) is 0 Å². The SMILES string of the molecule is C/C=C/CC(CO)NC1CCN(C2CCCCC2)CC1. The summed E-state index contributed by atoms with van der Waals surface area (Å²) in [7, 11) is 0. The molecule has 2 fully saturated rings. The molecule has 2 aliphatic rings. The molecule has 1 heterocycles. The molecule has 3 heteroatoms. The lowest BCUT2D eigenvalue weighted by Crippen LogP contribution is -2.50. The zero-order valence-corrected chi connectivity index (χ0v) is 13.1. The third-order valence-corrected chi connectivity index (χ3v) is 4.97. The van der Waals surface area contributed by atoms with Crippen molar-refractivity contribution in [3.05, 3.63) is 12.2 Å². The summed E-state index contributed by atoms with van der Waals surface area (Å²) >= 11 is 0. The number of allylic oxidation sites excluding steroid dienone is 1. The summed E-state index contributed by atoms with van der Waals surface area (Å²) < 4.78 is 0. The van der Waals surface area contributed by atoms with E-state index in [2.05, 4.69) is 22.4 Å². The van der Waals surface area contributed by atoms with E-state index < -0.39 is 0 Å². The van der Waals surface area contributed by atoms with Crippen molar-refractivity contribution in [1.82, 2.24) is 10.2 Å². The van der Waals surface area contributed by atoms with Crippen LogP contribution in [0.3, 0.4) is 0 Å². The first-order valence-corrected chi connectivity index (χ1v) is 8.55. The number of nitrogens with one attached hydrogen (secondary N) is 1. The first-order chi connectivity index (χ1) is 9.83. The lowest BCUT2D eigenvalue weighted by molar-refractivity contribution is 0.109. The monoisotopic (exact) mass is 280 g/mol. The van der Waals surface area contributed by atoms with Gasteiger partial charge in [-0.05, 0) is 52.1 Å². The molecule has 3 nitrogen and oxygen atoms in total. The highest BCUT2D eigenvalue weighted by molar-refractivity contribution is 4.88. The zero-order chi connectivity index (χ0) is 14.2. The van der Waals surface area contributed by atoms with E-state index in [1.54, 1.807) is 0 Å². The van der Waals surface area contributed by atoms with E-state index in [0.29, 0.717) is 6.04 Å². The molecule has 1 aliphatic carbocycles. The van der Waals surface area contributed by atoms with E-state index >= 15 is 0 Å². The van der Waals surface area contributed by atoms with Crippen molar-refractivity contribution in [3.8, 4) is 0 Å². The van der Waals surface area contributed by atoms with Crippen LogP contribution in [0.5, 0.6) is 0 Å². The van der Waals surface area contributed by atoms with Crippen molar-refractivity contribution >= 4 is 0 Å². The third kappa shape index (κ3) is 4.87. The van der Waals surface area contributed by atoms with Crippen LogP contribution in [0.1, 0.15) is 58.3 Å². The predicted octanol–water partition coefficient (Wildman–Crippen LogP) is 2.70. The van der Waals surface area contributed by atoms with Gasteiger partial charge in [-0.15, -0.1) is 0 Å². The molecule has 1 aliphatic heterocycles. The highest BCUT2D eigenvalue weighted by atomic mass is 16.3.